The van der Waals surface area contributed by atoms with Crippen molar-refractivity contribution in [1.29, 1.82) is 0 Å². The van der Waals surface area contributed by atoms with E-state index in [1.54, 1.807) is 0 Å². The molecule has 0 aromatic heterocycles. The van der Waals surface area contributed by atoms with Gasteiger partial charge < -0.3 is 5.73 Å². The third-order valence-electron chi connectivity index (χ3n) is 3.12. The third-order valence-corrected chi connectivity index (χ3v) is 3.12. The fourth-order valence-corrected chi connectivity index (χ4v) is 1.77. The lowest BCUT2D eigenvalue weighted by Gasteiger charge is -2.14. The molecule has 0 saturated carbocycles. The van der Waals surface area contributed by atoms with E-state index in [1.807, 2.05) is 0 Å². The second-order valence-electron chi connectivity index (χ2n) is 4.26. The molecule has 1 aromatic carbocycles. The molecule has 78 valence electrons. The standard InChI is InChI=1S/C13H21N/c1-9(5-6-14)13-7-10(2)12(4)11(3)8-13/h7-9H,5-6,14H2,1-4H3. The van der Waals surface area contributed by atoms with E-state index >= 15 is 0 Å². The molecule has 2 N–H and O–H groups in total. The van der Waals surface area contributed by atoms with Gasteiger partial charge in [0, 0.05) is 0 Å². The molecule has 1 atom stereocenters. The van der Waals surface area contributed by atoms with Gasteiger partial charge in [-0.25, -0.2) is 0 Å². The van der Waals surface area contributed by atoms with E-state index in [-0.39, 0.29) is 0 Å². The van der Waals surface area contributed by atoms with Gasteiger partial charge in [-0.1, -0.05) is 19.1 Å². The average Bonchev–Trinajstić information content (AvgIpc) is 2.13. The Hall–Kier alpha value is -0.820. The predicted molar refractivity (Wildman–Crippen MR) is 62.7 cm³/mol. The second kappa shape index (κ2) is 4.61. The molecule has 1 unspecified atom stereocenters. The highest BCUT2D eigenvalue weighted by atomic mass is 14.5. The Labute approximate surface area is 87.3 Å². The number of aryl methyl sites for hydroxylation is 2. The van der Waals surface area contributed by atoms with Crippen LogP contribution in [-0.4, -0.2) is 6.54 Å². The molecule has 1 aromatic rings. The van der Waals surface area contributed by atoms with Crippen LogP contribution in [0.15, 0.2) is 12.1 Å². The highest BCUT2D eigenvalue weighted by Gasteiger charge is 2.07. The molecule has 14 heavy (non-hydrogen) atoms. The summed E-state index contributed by atoms with van der Waals surface area (Å²) in [4.78, 5) is 0. The Morgan fingerprint density at radius 3 is 2.07 bits per heavy atom. The minimum Gasteiger partial charge on any atom is -0.330 e. The van der Waals surface area contributed by atoms with Crippen LogP contribution in [0, 0.1) is 20.8 Å². The first kappa shape index (κ1) is 11.3. The number of benzene rings is 1. The molecule has 0 amide bonds. The monoisotopic (exact) mass is 191 g/mol. The normalized spacial score (nSPS) is 12.9. The molecule has 1 heteroatoms. The lowest BCUT2D eigenvalue weighted by molar-refractivity contribution is 0.689. The highest BCUT2D eigenvalue weighted by molar-refractivity contribution is 5.38. The van der Waals surface area contributed by atoms with Gasteiger partial charge in [0.15, 0.2) is 0 Å². The van der Waals surface area contributed by atoms with Crippen molar-refractivity contribution in [1.82, 2.24) is 0 Å². The zero-order valence-electron chi connectivity index (χ0n) is 9.72. The fourth-order valence-electron chi connectivity index (χ4n) is 1.77. The number of hydrogen-bond acceptors (Lipinski definition) is 1. The minimum atomic E-state index is 0.581. The lowest BCUT2D eigenvalue weighted by atomic mass is 9.92. The molecule has 0 spiro atoms. The topological polar surface area (TPSA) is 26.0 Å². The smallest absolute Gasteiger partial charge is 0.00715 e. The van der Waals surface area contributed by atoms with Crippen LogP contribution >= 0.6 is 0 Å². The van der Waals surface area contributed by atoms with Crippen molar-refractivity contribution in [3.8, 4) is 0 Å². The fraction of sp³-hybridized carbons (Fsp3) is 0.538. The Kier molecular flexibility index (Phi) is 3.70. The molecule has 1 nitrogen and oxygen atoms in total. The molecular formula is C13H21N. The van der Waals surface area contributed by atoms with Crippen LogP contribution in [0.25, 0.3) is 0 Å². The maximum atomic E-state index is 5.57. The summed E-state index contributed by atoms with van der Waals surface area (Å²) in [6, 6.07) is 4.59. The van der Waals surface area contributed by atoms with E-state index in [9.17, 15) is 0 Å². The van der Waals surface area contributed by atoms with Crippen molar-refractivity contribution in [3.05, 3.63) is 34.4 Å². The van der Waals surface area contributed by atoms with Crippen LogP contribution in [0.4, 0.5) is 0 Å². The van der Waals surface area contributed by atoms with E-state index in [0.717, 1.165) is 13.0 Å². The Morgan fingerprint density at radius 1 is 1.14 bits per heavy atom. The summed E-state index contributed by atoms with van der Waals surface area (Å²) in [5.74, 6) is 0.581. The highest BCUT2D eigenvalue weighted by Crippen LogP contribution is 2.23. The Bertz CT molecular complexity index is 292. The van der Waals surface area contributed by atoms with Crippen molar-refractivity contribution in [2.24, 2.45) is 5.73 Å². The zero-order chi connectivity index (χ0) is 10.7. The first-order valence-electron chi connectivity index (χ1n) is 5.34. The molecule has 0 saturated heterocycles. The van der Waals surface area contributed by atoms with E-state index in [4.69, 9.17) is 5.73 Å². The maximum absolute atomic E-state index is 5.57. The summed E-state index contributed by atoms with van der Waals surface area (Å²) >= 11 is 0. The van der Waals surface area contributed by atoms with Crippen molar-refractivity contribution in [2.75, 3.05) is 6.54 Å². The SMILES string of the molecule is Cc1cc(C(C)CCN)cc(C)c1C. The molecule has 0 bridgehead atoms. The summed E-state index contributed by atoms with van der Waals surface area (Å²) in [5, 5.41) is 0. The summed E-state index contributed by atoms with van der Waals surface area (Å²) in [6.45, 7) is 9.56. The molecule has 1 rings (SSSR count). The van der Waals surface area contributed by atoms with E-state index in [1.165, 1.54) is 22.3 Å². The van der Waals surface area contributed by atoms with Gasteiger partial charge in [-0.05, 0) is 61.9 Å². The van der Waals surface area contributed by atoms with Gasteiger partial charge >= 0.3 is 0 Å². The van der Waals surface area contributed by atoms with Gasteiger partial charge in [0.25, 0.3) is 0 Å². The van der Waals surface area contributed by atoms with Crippen LogP contribution in [-0.2, 0) is 0 Å². The quantitative estimate of drug-likeness (QED) is 0.780. The van der Waals surface area contributed by atoms with Gasteiger partial charge in [-0.15, -0.1) is 0 Å². The number of nitrogens with two attached hydrogens (primary N) is 1. The summed E-state index contributed by atoms with van der Waals surface area (Å²) in [7, 11) is 0. The van der Waals surface area contributed by atoms with E-state index in [2.05, 4.69) is 39.8 Å². The lowest BCUT2D eigenvalue weighted by Crippen LogP contribution is -2.05. The van der Waals surface area contributed by atoms with Crippen molar-refractivity contribution >= 4 is 0 Å². The van der Waals surface area contributed by atoms with Gasteiger partial charge in [0.2, 0.25) is 0 Å². The van der Waals surface area contributed by atoms with Crippen LogP contribution in [0.5, 0.6) is 0 Å². The minimum absolute atomic E-state index is 0.581. The van der Waals surface area contributed by atoms with E-state index in [0.29, 0.717) is 5.92 Å². The van der Waals surface area contributed by atoms with Crippen LogP contribution in [0.3, 0.4) is 0 Å². The average molecular weight is 191 g/mol. The van der Waals surface area contributed by atoms with Crippen LogP contribution in [0.2, 0.25) is 0 Å². The summed E-state index contributed by atoms with van der Waals surface area (Å²) in [6.07, 6.45) is 1.07. The van der Waals surface area contributed by atoms with Crippen LogP contribution < -0.4 is 5.73 Å². The first-order valence-corrected chi connectivity index (χ1v) is 5.34. The van der Waals surface area contributed by atoms with Crippen LogP contribution in [0.1, 0.15) is 41.5 Å². The summed E-state index contributed by atoms with van der Waals surface area (Å²) in [5.41, 5.74) is 11.2. The third kappa shape index (κ3) is 2.36. The van der Waals surface area contributed by atoms with Crippen molar-refractivity contribution < 1.29 is 0 Å². The van der Waals surface area contributed by atoms with Crippen molar-refractivity contribution in [2.45, 2.75) is 40.0 Å². The van der Waals surface area contributed by atoms with Gasteiger partial charge in [0.05, 0.1) is 0 Å². The summed E-state index contributed by atoms with van der Waals surface area (Å²) < 4.78 is 0. The molecule has 0 radical (unpaired) electrons. The first-order chi connectivity index (χ1) is 6.56. The molecule has 0 aliphatic carbocycles. The Morgan fingerprint density at radius 2 is 1.64 bits per heavy atom. The predicted octanol–water partition coefficient (Wildman–Crippen LogP) is 3.06. The molecule has 0 aliphatic rings. The van der Waals surface area contributed by atoms with Crippen molar-refractivity contribution in [3.63, 3.8) is 0 Å². The number of hydrogen-bond donors (Lipinski definition) is 1. The van der Waals surface area contributed by atoms with Gasteiger partial charge in [-0.2, -0.15) is 0 Å². The van der Waals surface area contributed by atoms with Gasteiger partial charge in [-0.3, -0.25) is 0 Å². The van der Waals surface area contributed by atoms with Gasteiger partial charge in [0.1, 0.15) is 0 Å². The number of rotatable bonds is 3. The largest absolute Gasteiger partial charge is 0.330 e. The Balaban J connectivity index is 3.00. The molecular weight excluding hydrogens is 170 g/mol. The van der Waals surface area contributed by atoms with E-state index < -0.39 is 0 Å². The maximum Gasteiger partial charge on any atom is -0.00715 e. The molecule has 0 fully saturated rings. The zero-order valence-corrected chi connectivity index (χ0v) is 9.72. The molecule has 0 heterocycles. The molecule has 0 aliphatic heterocycles. The second-order valence-corrected chi connectivity index (χ2v) is 4.26.